The minimum atomic E-state index is 0.0361. The fraction of sp³-hybridized carbons (Fsp3) is 0.381. The second-order valence-electron chi connectivity index (χ2n) is 5.90. The second kappa shape index (κ2) is 10.8. The first-order valence-electron chi connectivity index (χ1n) is 8.90. The van der Waals surface area contributed by atoms with Crippen LogP contribution in [0.25, 0.3) is 0 Å². The number of hydrogen-bond donors (Lipinski definition) is 1. The Kier molecular flexibility index (Phi) is 8.35. The number of carbonyl (C=O) groups is 1. The third-order valence-corrected chi connectivity index (χ3v) is 4.72. The average Bonchev–Trinajstić information content (AvgIpc) is 2.64. The highest BCUT2D eigenvalue weighted by atomic mass is 32.2. The second-order valence-corrected chi connectivity index (χ2v) is 6.89. The van der Waals surface area contributed by atoms with Gasteiger partial charge in [0.05, 0.1) is 19.0 Å². The van der Waals surface area contributed by atoms with E-state index < -0.39 is 0 Å². The minimum Gasteiger partial charge on any atom is -0.490 e. The largest absolute Gasteiger partial charge is 0.490 e. The molecular formula is C21H27NO3S. The summed E-state index contributed by atoms with van der Waals surface area (Å²) in [5.74, 6) is 2.77. The molecule has 0 aromatic heterocycles. The SMILES string of the molecule is CCOc1ccc(CNC(=O)CSCc2ccc(C)cc2)cc1OCC. The maximum absolute atomic E-state index is 12.1. The van der Waals surface area contributed by atoms with E-state index in [2.05, 4.69) is 36.5 Å². The monoisotopic (exact) mass is 373 g/mol. The fourth-order valence-corrected chi connectivity index (χ4v) is 3.22. The van der Waals surface area contributed by atoms with E-state index in [9.17, 15) is 4.79 Å². The highest BCUT2D eigenvalue weighted by Crippen LogP contribution is 2.28. The van der Waals surface area contributed by atoms with Crippen LogP contribution in [-0.4, -0.2) is 24.9 Å². The predicted octanol–water partition coefficient (Wildman–Crippen LogP) is 4.34. The van der Waals surface area contributed by atoms with E-state index in [0.29, 0.717) is 25.5 Å². The van der Waals surface area contributed by atoms with Crippen LogP contribution in [0.2, 0.25) is 0 Å². The molecule has 0 fully saturated rings. The van der Waals surface area contributed by atoms with E-state index in [1.54, 1.807) is 11.8 Å². The standard InChI is InChI=1S/C21H27NO3S/c1-4-24-19-11-10-18(12-20(19)25-5-2)13-22-21(23)15-26-14-17-8-6-16(3)7-9-17/h6-12H,4-5,13-15H2,1-3H3,(H,22,23). The summed E-state index contributed by atoms with van der Waals surface area (Å²) in [5, 5.41) is 2.96. The highest BCUT2D eigenvalue weighted by Gasteiger charge is 2.07. The van der Waals surface area contributed by atoms with Crippen molar-refractivity contribution in [1.29, 1.82) is 0 Å². The van der Waals surface area contributed by atoms with Crippen LogP contribution in [0.15, 0.2) is 42.5 Å². The van der Waals surface area contributed by atoms with Crippen molar-refractivity contribution in [3.63, 3.8) is 0 Å². The fourth-order valence-electron chi connectivity index (χ4n) is 2.40. The number of nitrogens with one attached hydrogen (secondary N) is 1. The van der Waals surface area contributed by atoms with Crippen molar-refractivity contribution in [2.24, 2.45) is 0 Å². The Bertz CT molecular complexity index is 701. The molecule has 1 N–H and O–H groups in total. The molecule has 0 bridgehead atoms. The van der Waals surface area contributed by atoms with Gasteiger partial charge in [0.15, 0.2) is 11.5 Å². The van der Waals surface area contributed by atoms with Crippen molar-refractivity contribution in [2.75, 3.05) is 19.0 Å². The Morgan fingerprint density at radius 2 is 1.62 bits per heavy atom. The van der Waals surface area contributed by atoms with Crippen LogP contribution in [0.4, 0.5) is 0 Å². The minimum absolute atomic E-state index is 0.0361. The molecule has 0 aliphatic rings. The number of hydrogen-bond acceptors (Lipinski definition) is 4. The molecule has 140 valence electrons. The molecule has 0 saturated carbocycles. The zero-order chi connectivity index (χ0) is 18.8. The van der Waals surface area contributed by atoms with Crippen molar-refractivity contribution < 1.29 is 14.3 Å². The Labute approximate surface area is 160 Å². The first kappa shape index (κ1) is 20.2. The molecule has 26 heavy (non-hydrogen) atoms. The molecule has 0 heterocycles. The van der Waals surface area contributed by atoms with Gasteiger partial charge in [-0.1, -0.05) is 35.9 Å². The van der Waals surface area contributed by atoms with Crippen molar-refractivity contribution >= 4 is 17.7 Å². The van der Waals surface area contributed by atoms with Crippen LogP contribution in [0.5, 0.6) is 11.5 Å². The van der Waals surface area contributed by atoms with Crippen molar-refractivity contribution in [3.8, 4) is 11.5 Å². The third-order valence-electron chi connectivity index (χ3n) is 3.72. The topological polar surface area (TPSA) is 47.6 Å². The van der Waals surface area contributed by atoms with Gasteiger partial charge in [0.1, 0.15) is 0 Å². The van der Waals surface area contributed by atoms with Gasteiger partial charge in [-0.15, -0.1) is 11.8 Å². The number of benzene rings is 2. The highest BCUT2D eigenvalue weighted by molar-refractivity contribution is 7.99. The molecule has 0 radical (unpaired) electrons. The molecule has 0 aliphatic carbocycles. The first-order valence-corrected chi connectivity index (χ1v) is 10.1. The van der Waals surface area contributed by atoms with Gasteiger partial charge in [-0.25, -0.2) is 0 Å². The number of rotatable bonds is 10. The maximum atomic E-state index is 12.1. The molecular weight excluding hydrogens is 346 g/mol. The number of amides is 1. The summed E-state index contributed by atoms with van der Waals surface area (Å²) in [6, 6.07) is 14.2. The lowest BCUT2D eigenvalue weighted by atomic mass is 10.2. The van der Waals surface area contributed by atoms with E-state index in [0.717, 1.165) is 22.8 Å². The normalized spacial score (nSPS) is 10.4. The van der Waals surface area contributed by atoms with E-state index in [1.807, 2.05) is 32.0 Å². The van der Waals surface area contributed by atoms with E-state index in [-0.39, 0.29) is 5.91 Å². The summed E-state index contributed by atoms with van der Waals surface area (Å²) in [5.41, 5.74) is 3.48. The first-order chi connectivity index (χ1) is 12.6. The van der Waals surface area contributed by atoms with Gasteiger partial charge < -0.3 is 14.8 Å². The van der Waals surface area contributed by atoms with E-state index >= 15 is 0 Å². The zero-order valence-electron chi connectivity index (χ0n) is 15.7. The Hall–Kier alpha value is -2.14. The molecule has 2 aromatic carbocycles. The number of ether oxygens (including phenoxy) is 2. The molecule has 5 heteroatoms. The molecule has 0 atom stereocenters. The molecule has 0 aliphatic heterocycles. The van der Waals surface area contributed by atoms with Gasteiger partial charge in [0.25, 0.3) is 0 Å². The molecule has 1 amide bonds. The predicted molar refractivity (Wildman–Crippen MR) is 108 cm³/mol. The number of aryl methyl sites for hydroxylation is 1. The molecule has 0 spiro atoms. The van der Waals surface area contributed by atoms with Gasteiger partial charge >= 0.3 is 0 Å². The summed E-state index contributed by atoms with van der Waals surface area (Å²) in [7, 11) is 0. The lowest BCUT2D eigenvalue weighted by Crippen LogP contribution is -2.24. The maximum Gasteiger partial charge on any atom is 0.230 e. The van der Waals surface area contributed by atoms with Crippen LogP contribution in [0.1, 0.15) is 30.5 Å². The Balaban J connectivity index is 1.79. The van der Waals surface area contributed by atoms with Gasteiger partial charge in [0.2, 0.25) is 5.91 Å². The van der Waals surface area contributed by atoms with Gasteiger partial charge in [-0.3, -0.25) is 4.79 Å². The lowest BCUT2D eigenvalue weighted by Gasteiger charge is -2.13. The van der Waals surface area contributed by atoms with Crippen molar-refractivity contribution in [1.82, 2.24) is 5.32 Å². The Morgan fingerprint density at radius 1 is 0.962 bits per heavy atom. The smallest absolute Gasteiger partial charge is 0.230 e. The average molecular weight is 374 g/mol. The van der Waals surface area contributed by atoms with Crippen LogP contribution in [0, 0.1) is 6.92 Å². The summed E-state index contributed by atoms with van der Waals surface area (Å²) < 4.78 is 11.2. The molecule has 0 saturated heterocycles. The number of carbonyl (C=O) groups excluding carboxylic acids is 1. The summed E-state index contributed by atoms with van der Waals surface area (Å²) in [6.07, 6.45) is 0. The van der Waals surface area contributed by atoms with E-state index in [1.165, 1.54) is 11.1 Å². The zero-order valence-corrected chi connectivity index (χ0v) is 16.5. The lowest BCUT2D eigenvalue weighted by molar-refractivity contribution is -0.118. The van der Waals surface area contributed by atoms with Gasteiger partial charge in [-0.05, 0) is 44.0 Å². The van der Waals surface area contributed by atoms with Crippen LogP contribution >= 0.6 is 11.8 Å². The van der Waals surface area contributed by atoms with Crippen LogP contribution in [0.3, 0.4) is 0 Å². The summed E-state index contributed by atoms with van der Waals surface area (Å²) >= 11 is 1.62. The quantitative estimate of drug-likeness (QED) is 0.673. The van der Waals surface area contributed by atoms with Gasteiger partial charge in [0, 0.05) is 12.3 Å². The van der Waals surface area contributed by atoms with Crippen molar-refractivity contribution in [3.05, 3.63) is 59.2 Å². The van der Waals surface area contributed by atoms with Crippen LogP contribution < -0.4 is 14.8 Å². The van der Waals surface area contributed by atoms with Crippen LogP contribution in [-0.2, 0) is 17.1 Å². The van der Waals surface area contributed by atoms with Crippen molar-refractivity contribution in [2.45, 2.75) is 33.1 Å². The summed E-state index contributed by atoms with van der Waals surface area (Å²) in [6.45, 7) is 7.60. The molecule has 0 unspecified atom stereocenters. The number of thioether (sulfide) groups is 1. The third kappa shape index (κ3) is 6.64. The van der Waals surface area contributed by atoms with E-state index in [4.69, 9.17) is 9.47 Å². The molecule has 2 rings (SSSR count). The molecule has 2 aromatic rings. The summed E-state index contributed by atoms with van der Waals surface area (Å²) in [4.78, 5) is 12.1. The van der Waals surface area contributed by atoms with Gasteiger partial charge in [-0.2, -0.15) is 0 Å². The Morgan fingerprint density at radius 3 is 2.31 bits per heavy atom. The molecule has 4 nitrogen and oxygen atoms in total.